The minimum atomic E-state index is 0.0567. The molecule has 8 heteroatoms. The van der Waals surface area contributed by atoms with E-state index in [0.717, 1.165) is 17.0 Å². The van der Waals surface area contributed by atoms with Crippen LogP contribution in [0.5, 0.6) is 5.75 Å². The van der Waals surface area contributed by atoms with E-state index in [9.17, 15) is 4.79 Å². The van der Waals surface area contributed by atoms with Gasteiger partial charge in [0, 0.05) is 61.9 Å². The topological polar surface area (TPSA) is 98.3 Å². The Kier molecular flexibility index (Phi) is 5.90. The largest absolute Gasteiger partial charge is 0.482 e. The molecule has 4 rings (SSSR count). The van der Waals surface area contributed by atoms with Gasteiger partial charge in [0.05, 0.1) is 0 Å². The second kappa shape index (κ2) is 8.77. The van der Waals surface area contributed by atoms with E-state index in [2.05, 4.69) is 29.1 Å². The number of benzene rings is 1. The number of nitrogen functional groups attached to an aromatic ring is 1. The van der Waals surface area contributed by atoms with Crippen molar-refractivity contribution in [3.63, 3.8) is 0 Å². The molecule has 1 saturated heterocycles. The number of carbonyl (C=O) groups excluding carboxylic acids is 1. The average Bonchev–Trinajstić information content (AvgIpc) is 3.17. The molecule has 1 aliphatic heterocycles. The van der Waals surface area contributed by atoms with Gasteiger partial charge in [0.2, 0.25) is 0 Å². The van der Waals surface area contributed by atoms with Gasteiger partial charge in [0.1, 0.15) is 12.4 Å². The first-order valence-electron chi connectivity index (χ1n) is 10.4. The van der Waals surface area contributed by atoms with Gasteiger partial charge in [-0.25, -0.2) is 9.97 Å². The molecule has 8 nitrogen and oxygen atoms in total. The van der Waals surface area contributed by atoms with E-state index >= 15 is 0 Å². The molecule has 2 unspecified atom stereocenters. The zero-order valence-corrected chi connectivity index (χ0v) is 18.1. The van der Waals surface area contributed by atoms with Crippen LogP contribution in [0.25, 0.3) is 11.1 Å². The van der Waals surface area contributed by atoms with Gasteiger partial charge in [0.15, 0.2) is 11.6 Å². The van der Waals surface area contributed by atoms with Gasteiger partial charge in [-0.3, -0.25) is 4.79 Å². The van der Waals surface area contributed by atoms with E-state index < -0.39 is 0 Å². The Bertz CT molecular complexity index is 1050. The highest BCUT2D eigenvalue weighted by Gasteiger charge is 2.25. The molecule has 3 N–H and O–H groups in total. The van der Waals surface area contributed by atoms with Crippen LogP contribution in [0, 0.1) is 0 Å². The minimum absolute atomic E-state index is 0.0567. The van der Waals surface area contributed by atoms with Crippen molar-refractivity contribution in [1.29, 1.82) is 0 Å². The molecule has 3 heterocycles. The second-order valence-electron chi connectivity index (χ2n) is 8.11. The maximum Gasteiger partial charge on any atom is 0.253 e. The number of imidazole rings is 1. The number of hydrogen-bond acceptors (Lipinski definition) is 6. The molecule has 0 bridgehead atoms. The number of hydrogen-bond donors (Lipinski definition) is 2. The van der Waals surface area contributed by atoms with Crippen molar-refractivity contribution in [1.82, 2.24) is 24.8 Å². The van der Waals surface area contributed by atoms with Crippen LogP contribution in [0.3, 0.4) is 0 Å². The summed E-state index contributed by atoms with van der Waals surface area (Å²) in [5.74, 6) is 1.68. The summed E-state index contributed by atoms with van der Waals surface area (Å²) in [6.07, 6.45) is 5.29. The number of anilines is 1. The summed E-state index contributed by atoms with van der Waals surface area (Å²) in [7, 11) is 1.91. The number of ether oxygens (including phenoxy) is 1. The first-order valence-corrected chi connectivity index (χ1v) is 10.4. The van der Waals surface area contributed by atoms with Gasteiger partial charge in [0.25, 0.3) is 5.91 Å². The lowest BCUT2D eigenvalue weighted by atomic mass is 10.0. The van der Waals surface area contributed by atoms with Crippen LogP contribution in [-0.4, -0.2) is 50.5 Å². The van der Waals surface area contributed by atoms with Gasteiger partial charge >= 0.3 is 0 Å². The van der Waals surface area contributed by atoms with Gasteiger partial charge in [-0.15, -0.1) is 0 Å². The van der Waals surface area contributed by atoms with Crippen LogP contribution < -0.4 is 15.8 Å². The minimum Gasteiger partial charge on any atom is -0.482 e. The van der Waals surface area contributed by atoms with Crippen molar-refractivity contribution < 1.29 is 9.53 Å². The van der Waals surface area contributed by atoms with E-state index in [0.29, 0.717) is 36.8 Å². The molecule has 1 aromatic carbocycles. The molecule has 2 aromatic heterocycles. The Labute approximate surface area is 182 Å². The number of aryl methyl sites for hydroxylation is 1. The predicted molar refractivity (Wildman–Crippen MR) is 120 cm³/mol. The molecular formula is C23H28N6O2. The number of piperazine rings is 1. The van der Waals surface area contributed by atoms with Crippen molar-refractivity contribution >= 4 is 11.7 Å². The fourth-order valence-electron chi connectivity index (χ4n) is 3.89. The van der Waals surface area contributed by atoms with Gasteiger partial charge < -0.3 is 25.3 Å². The Morgan fingerprint density at radius 1 is 1.16 bits per heavy atom. The summed E-state index contributed by atoms with van der Waals surface area (Å²) in [6.45, 7) is 5.92. The molecule has 1 amide bonds. The normalized spacial score (nSPS) is 18.7. The highest BCUT2D eigenvalue weighted by Crippen LogP contribution is 2.28. The Hall–Kier alpha value is -3.39. The van der Waals surface area contributed by atoms with E-state index in [1.54, 1.807) is 12.4 Å². The van der Waals surface area contributed by atoms with Gasteiger partial charge in [-0.05, 0) is 37.6 Å². The summed E-state index contributed by atoms with van der Waals surface area (Å²) in [5.41, 5.74) is 8.48. The van der Waals surface area contributed by atoms with Crippen LogP contribution in [-0.2, 0) is 13.7 Å². The lowest BCUT2D eigenvalue weighted by Crippen LogP contribution is -2.55. The Morgan fingerprint density at radius 2 is 1.87 bits per heavy atom. The smallest absolute Gasteiger partial charge is 0.253 e. The highest BCUT2D eigenvalue weighted by atomic mass is 16.5. The van der Waals surface area contributed by atoms with Gasteiger partial charge in [-0.2, -0.15) is 0 Å². The molecule has 0 spiro atoms. The number of nitrogens with two attached hydrogens (primary N) is 1. The SMILES string of the molecule is CC1CN(C(=O)c2ccc(-c3cnc(N)c(OCc4nccn4C)c3)cc2)CC(C)N1. The highest BCUT2D eigenvalue weighted by molar-refractivity contribution is 5.95. The molecule has 31 heavy (non-hydrogen) atoms. The molecule has 1 aliphatic rings. The quantitative estimate of drug-likeness (QED) is 0.658. The van der Waals surface area contributed by atoms with Crippen molar-refractivity contribution in [2.75, 3.05) is 18.8 Å². The molecule has 0 aliphatic carbocycles. The fourth-order valence-corrected chi connectivity index (χ4v) is 3.89. The summed E-state index contributed by atoms with van der Waals surface area (Å²) < 4.78 is 7.74. The lowest BCUT2D eigenvalue weighted by Gasteiger charge is -2.36. The average molecular weight is 421 g/mol. The summed E-state index contributed by atoms with van der Waals surface area (Å²) in [4.78, 5) is 23.3. The first kappa shape index (κ1) is 20.9. The molecule has 3 aromatic rings. The van der Waals surface area contributed by atoms with Crippen LogP contribution in [0.1, 0.15) is 30.0 Å². The summed E-state index contributed by atoms with van der Waals surface area (Å²) in [6, 6.07) is 10.0. The first-order chi connectivity index (χ1) is 14.9. The number of nitrogens with one attached hydrogen (secondary N) is 1. The zero-order chi connectivity index (χ0) is 22.0. The molecule has 0 radical (unpaired) electrons. The van der Waals surface area contributed by atoms with Crippen molar-refractivity contribution in [3.8, 4) is 16.9 Å². The van der Waals surface area contributed by atoms with E-state index in [4.69, 9.17) is 10.5 Å². The number of amides is 1. The van der Waals surface area contributed by atoms with Crippen molar-refractivity contribution in [2.24, 2.45) is 7.05 Å². The number of rotatable bonds is 5. The zero-order valence-electron chi connectivity index (χ0n) is 18.1. The van der Waals surface area contributed by atoms with Crippen LogP contribution in [0.2, 0.25) is 0 Å². The third-order valence-electron chi connectivity index (χ3n) is 5.47. The van der Waals surface area contributed by atoms with Crippen molar-refractivity contribution in [3.05, 3.63) is 60.3 Å². The lowest BCUT2D eigenvalue weighted by molar-refractivity contribution is 0.0674. The summed E-state index contributed by atoms with van der Waals surface area (Å²) >= 11 is 0. The number of pyridine rings is 1. The summed E-state index contributed by atoms with van der Waals surface area (Å²) in [5, 5.41) is 3.45. The number of nitrogens with zero attached hydrogens (tertiary/aromatic N) is 4. The predicted octanol–water partition coefficient (Wildman–Crippen LogP) is 2.47. The number of aromatic nitrogens is 3. The van der Waals surface area contributed by atoms with Crippen LogP contribution in [0.4, 0.5) is 5.82 Å². The van der Waals surface area contributed by atoms with Crippen molar-refractivity contribution in [2.45, 2.75) is 32.5 Å². The van der Waals surface area contributed by atoms with Gasteiger partial charge in [-0.1, -0.05) is 12.1 Å². The van der Waals surface area contributed by atoms with E-state index in [1.807, 2.05) is 53.0 Å². The Morgan fingerprint density at radius 3 is 2.52 bits per heavy atom. The monoisotopic (exact) mass is 420 g/mol. The molecule has 0 saturated carbocycles. The molecule has 2 atom stereocenters. The third-order valence-corrected chi connectivity index (χ3v) is 5.47. The maximum atomic E-state index is 12.9. The second-order valence-corrected chi connectivity index (χ2v) is 8.11. The van der Waals surface area contributed by atoms with E-state index in [-0.39, 0.29) is 18.0 Å². The standard InChI is InChI=1S/C23H28N6O2/c1-15-12-29(13-16(2)27-15)23(30)18-6-4-17(5-7-18)19-10-20(22(24)26-11-19)31-14-21-25-8-9-28(21)3/h4-11,15-16,27H,12-14H2,1-3H3,(H2,24,26). The van der Waals surface area contributed by atoms with Crippen LogP contribution in [0.15, 0.2) is 48.9 Å². The van der Waals surface area contributed by atoms with Crippen LogP contribution >= 0.6 is 0 Å². The number of carbonyl (C=O) groups is 1. The Balaban J connectivity index is 1.48. The molecule has 1 fully saturated rings. The maximum absolute atomic E-state index is 12.9. The van der Waals surface area contributed by atoms with E-state index in [1.165, 1.54) is 0 Å². The molecule has 162 valence electrons. The molecular weight excluding hydrogens is 392 g/mol. The third kappa shape index (κ3) is 4.69. The fraction of sp³-hybridized carbons (Fsp3) is 0.348.